The van der Waals surface area contributed by atoms with Gasteiger partial charge in [0.2, 0.25) is 0 Å². The van der Waals surface area contributed by atoms with Gasteiger partial charge in [-0.25, -0.2) is 4.79 Å². The summed E-state index contributed by atoms with van der Waals surface area (Å²) in [4.78, 5) is 15.3. The first-order valence-corrected chi connectivity index (χ1v) is 8.01. The summed E-state index contributed by atoms with van der Waals surface area (Å²) >= 11 is 3.55. The van der Waals surface area contributed by atoms with E-state index in [1.165, 1.54) is 14.6 Å². The number of hydrogen-bond acceptors (Lipinski definition) is 3. The maximum absolute atomic E-state index is 11.4. The minimum atomic E-state index is -0.0926. The Labute approximate surface area is 121 Å². The lowest BCUT2D eigenvalue weighted by molar-refractivity contribution is 0.238. The third-order valence-corrected chi connectivity index (χ3v) is 4.71. The van der Waals surface area contributed by atoms with E-state index in [1.54, 1.807) is 22.7 Å². The zero-order chi connectivity index (χ0) is 13.7. The third kappa shape index (κ3) is 4.36. The van der Waals surface area contributed by atoms with E-state index in [0.29, 0.717) is 6.54 Å². The Morgan fingerprint density at radius 2 is 2.11 bits per heavy atom. The first-order valence-electron chi connectivity index (χ1n) is 6.32. The Morgan fingerprint density at radius 3 is 2.79 bits per heavy atom. The predicted molar refractivity (Wildman–Crippen MR) is 83.0 cm³/mol. The minimum Gasteiger partial charge on any atom is -0.338 e. The average Bonchev–Trinajstić information content (AvgIpc) is 2.97. The van der Waals surface area contributed by atoms with Crippen molar-refractivity contribution in [2.75, 3.05) is 6.54 Å². The fourth-order valence-electron chi connectivity index (χ4n) is 1.68. The molecule has 0 aliphatic rings. The summed E-state index contributed by atoms with van der Waals surface area (Å²) < 4.78 is 0. The molecular weight excluding hydrogens is 276 g/mol. The van der Waals surface area contributed by atoms with Gasteiger partial charge in [0.05, 0.1) is 0 Å². The van der Waals surface area contributed by atoms with Crippen molar-refractivity contribution in [2.24, 2.45) is 0 Å². The molecule has 0 spiro atoms. The van der Waals surface area contributed by atoms with Crippen LogP contribution in [0.5, 0.6) is 0 Å². The van der Waals surface area contributed by atoms with E-state index in [-0.39, 0.29) is 12.1 Å². The van der Waals surface area contributed by atoms with Crippen LogP contribution >= 0.6 is 22.7 Å². The van der Waals surface area contributed by atoms with Crippen molar-refractivity contribution in [3.63, 3.8) is 0 Å². The first-order chi connectivity index (χ1) is 9.15. The van der Waals surface area contributed by atoms with Crippen molar-refractivity contribution < 1.29 is 4.79 Å². The van der Waals surface area contributed by atoms with Gasteiger partial charge in [-0.05, 0) is 43.8 Å². The molecule has 0 bridgehead atoms. The molecule has 0 fully saturated rings. The number of rotatable bonds is 5. The molecule has 19 heavy (non-hydrogen) atoms. The van der Waals surface area contributed by atoms with E-state index in [2.05, 4.69) is 40.3 Å². The zero-order valence-electron chi connectivity index (χ0n) is 11.1. The van der Waals surface area contributed by atoms with Gasteiger partial charge >= 0.3 is 6.03 Å². The molecule has 2 aromatic rings. The molecule has 2 N–H and O–H groups in total. The van der Waals surface area contributed by atoms with Crippen molar-refractivity contribution in [2.45, 2.75) is 26.3 Å². The molecule has 2 rings (SSSR count). The van der Waals surface area contributed by atoms with Crippen LogP contribution in [0.2, 0.25) is 0 Å². The summed E-state index contributed by atoms with van der Waals surface area (Å²) in [5.74, 6) is 0. The van der Waals surface area contributed by atoms with Crippen molar-refractivity contribution in [1.29, 1.82) is 0 Å². The molecule has 2 heterocycles. The standard InChI is InChI=1S/C14H18N2OS2/c1-10(2)16-14(17)15-8-7-11-5-6-13(19-11)12-4-3-9-18-12/h3-6,9-10H,7-8H2,1-2H3,(H2,15,16,17). The van der Waals surface area contributed by atoms with Crippen LogP contribution < -0.4 is 10.6 Å². The normalized spacial score (nSPS) is 10.7. The number of nitrogens with one attached hydrogen (secondary N) is 2. The van der Waals surface area contributed by atoms with Crippen LogP contribution in [0.15, 0.2) is 29.6 Å². The van der Waals surface area contributed by atoms with Crippen molar-refractivity contribution in [3.8, 4) is 9.75 Å². The van der Waals surface area contributed by atoms with Crippen LogP contribution in [0.4, 0.5) is 4.79 Å². The van der Waals surface area contributed by atoms with Crippen LogP contribution in [-0.2, 0) is 6.42 Å². The summed E-state index contributed by atoms with van der Waals surface area (Å²) in [5, 5.41) is 7.77. The topological polar surface area (TPSA) is 41.1 Å². The Kier molecular flexibility index (Phi) is 4.99. The SMILES string of the molecule is CC(C)NC(=O)NCCc1ccc(-c2cccs2)s1. The van der Waals surface area contributed by atoms with Crippen LogP contribution in [0.3, 0.4) is 0 Å². The second-order valence-electron chi connectivity index (χ2n) is 4.55. The number of carbonyl (C=O) groups excluding carboxylic acids is 1. The predicted octanol–water partition coefficient (Wildman–Crippen LogP) is 3.73. The second-order valence-corrected chi connectivity index (χ2v) is 6.66. The van der Waals surface area contributed by atoms with Gasteiger partial charge < -0.3 is 10.6 Å². The lowest BCUT2D eigenvalue weighted by Crippen LogP contribution is -2.40. The van der Waals surface area contributed by atoms with Gasteiger partial charge in [-0.1, -0.05) is 6.07 Å². The summed E-state index contributed by atoms with van der Waals surface area (Å²) in [6.07, 6.45) is 0.877. The van der Waals surface area contributed by atoms with Gasteiger partial charge in [0.15, 0.2) is 0 Å². The molecule has 0 unspecified atom stereocenters. The highest BCUT2D eigenvalue weighted by Crippen LogP contribution is 2.31. The molecule has 3 nitrogen and oxygen atoms in total. The van der Waals surface area contributed by atoms with Gasteiger partial charge in [0.1, 0.15) is 0 Å². The molecule has 0 aliphatic carbocycles. The summed E-state index contributed by atoms with van der Waals surface area (Å²) in [7, 11) is 0. The van der Waals surface area contributed by atoms with Gasteiger partial charge in [-0.3, -0.25) is 0 Å². The first kappa shape index (κ1) is 14.1. The fourth-order valence-corrected chi connectivity index (χ4v) is 3.52. The van der Waals surface area contributed by atoms with E-state index in [0.717, 1.165) is 6.42 Å². The average molecular weight is 294 g/mol. The van der Waals surface area contributed by atoms with Gasteiger partial charge in [0.25, 0.3) is 0 Å². The van der Waals surface area contributed by atoms with Crippen LogP contribution in [0.25, 0.3) is 9.75 Å². The van der Waals surface area contributed by atoms with Crippen molar-refractivity contribution in [1.82, 2.24) is 10.6 Å². The van der Waals surface area contributed by atoms with Crippen molar-refractivity contribution >= 4 is 28.7 Å². The molecule has 2 aromatic heterocycles. The minimum absolute atomic E-state index is 0.0926. The van der Waals surface area contributed by atoms with Crippen LogP contribution in [0.1, 0.15) is 18.7 Å². The lowest BCUT2D eigenvalue weighted by atomic mass is 10.3. The van der Waals surface area contributed by atoms with Crippen molar-refractivity contribution in [3.05, 3.63) is 34.5 Å². The van der Waals surface area contributed by atoms with Gasteiger partial charge in [-0.2, -0.15) is 0 Å². The van der Waals surface area contributed by atoms with E-state index >= 15 is 0 Å². The largest absolute Gasteiger partial charge is 0.338 e. The molecule has 0 saturated carbocycles. The molecule has 0 radical (unpaired) electrons. The second kappa shape index (κ2) is 6.73. The van der Waals surface area contributed by atoms with Gasteiger partial charge in [-0.15, -0.1) is 22.7 Å². The molecular formula is C14H18N2OS2. The van der Waals surface area contributed by atoms with E-state index < -0.39 is 0 Å². The Bertz CT molecular complexity index is 517. The number of carbonyl (C=O) groups is 1. The number of hydrogen-bond donors (Lipinski definition) is 2. The number of thiophene rings is 2. The summed E-state index contributed by atoms with van der Waals surface area (Å²) in [6.45, 7) is 4.57. The number of urea groups is 1. The highest BCUT2D eigenvalue weighted by molar-refractivity contribution is 7.21. The summed E-state index contributed by atoms with van der Waals surface area (Å²) in [5.41, 5.74) is 0. The van der Waals surface area contributed by atoms with E-state index in [1.807, 2.05) is 13.8 Å². The van der Waals surface area contributed by atoms with E-state index in [4.69, 9.17) is 0 Å². The van der Waals surface area contributed by atoms with Crippen LogP contribution in [-0.4, -0.2) is 18.6 Å². The lowest BCUT2D eigenvalue weighted by Gasteiger charge is -2.09. The Hall–Kier alpha value is -1.33. The maximum Gasteiger partial charge on any atom is 0.314 e. The Balaban J connectivity index is 1.79. The fraction of sp³-hybridized carbons (Fsp3) is 0.357. The molecule has 5 heteroatoms. The Morgan fingerprint density at radius 1 is 1.26 bits per heavy atom. The summed E-state index contributed by atoms with van der Waals surface area (Å²) in [6, 6.07) is 8.57. The number of amides is 2. The van der Waals surface area contributed by atoms with Gasteiger partial charge in [0, 0.05) is 27.2 Å². The molecule has 0 saturated heterocycles. The molecule has 2 amide bonds. The highest BCUT2D eigenvalue weighted by Gasteiger charge is 2.05. The quantitative estimate of drug-likeness (QED) is 0.867. The molecule has 0 aromatic carbocycles. The maximum atomic E-state index is 11.4. The molecule has 0 atom stereocenters. The van der Waals surface area contributed by atoms with E-state index in [9.17, 15) is 4.79 Å². The third-order valence-electron chi connectivity index (χ3n) is 2.50. The smallest absolute Gasteiger partial charge is 0.314 e. The molecule has 102 valence electrons. The monoisotopic (exact) mass is 294 g/mol. The van der Waals surface area contributed by atoms with Crippen LogP contribution in [0, 0.1) is 0 Å². The zero-order valence-corrected chi connectivity index (χ0v) is 12.7. The molecule has 0 aliphatic heterocycles. The highest BCUT2D eigenvalue weighted by atomic mass is 32.1.